The van der Waals surface area contributed by atoms with E-state index in [0.717, 1.165) is 19.5 Å². The van der Waals surface area contributed by atoms with Crippen molar-refractivity contribution in [3.8, 4) is 0 Å². The van der Waals surface area contributed by atoms with Crippen LogP contribution in [-0.4, -0.2) is 49.2 Å². The highest BCUT2D eigenvalue weighted by Gasteiger charge is 2.62. The number of carbonyl (C=O) groups is 1. The standard InChI is InChI=1S/C17H21ClN2O2/c1-20-9-14-13(15-6-7-17(14,10-20)22-15)8-19-16(21)11-2-4-12(18)5-3-11/h2-5,13-15H,6-10H2,1H3,(H,19,21)/t13-,14+,15+,17+/m0/s1. The second-order valence-corrected chi connectivity index (χ2v) is 7.38. The molecule has 2 bridgehead atoms. The lowest BCUT2D eigenvalue weighted by Gasteiger charge is -2.29. The number of hydrogen-bond acceptors (Lipinski definition) is 3. The summed E-state index contributed by atoms with van der Waals surface area (Å²) in [6.07, 6.45) is 2.63. The molecular formula is C17H21ClN2O2. The van der Waals surface area contributed by atoms with Crippen LogP contribution >= 0.6 is 11.6 Å². The van der Waals surface area contributed by atoms with Crippen molar-refractivity contribution < 1.29 is 9.53 Å². The Morgan fingerprint density at radius 1 is 1.45 bits per heavy atom. The summed E-state index contributed by atoms with van der Waals surface area (Å²) < 4.78 is 6.31. The van der Waals surface area contributed by atoms with Crippen LogP contribution in [0.2, 0.25) is 5.02 Å². The van der Waals surface area contributed by atoms with Crippen LogP contribution in [0.3, 0.4) is 0 Å². The van der Waals surface area contributed by atoms with Gasteiger partial charge in [0.15, 0.2) is 0 Å². The number of ether oxygens (including phenoxy) is 1. The Morgan fingerprint density at radius 2 is 2.23 bits per heavy atom. The molecule has 4 atom stereocenters. The number of likely N-dealkylation sites (tertiary alicyclic amines) is 1. The van der Waals surface area contributed by atoms with Crippen LogP contribution in [0.25, 0.3) is 0 Å². The SMILES string of the molecule is CN1C[C@@H]2[C@H](CNC(=O)c3ccc(Cl)cc3)[C@H]3CC[C@]2(C1)O3. The van der Waals surface area contributed by atoms with Crippen molar-refractivity contribution in [3.05, 3.63) is 34.9 Å². The van der Waals surface area contributed by atoms with Gasteiger partial charge in [-0.05, 0) is 44.2 Å². The second-order valence-electron chi connectivity index (χ2n) is 6.94. The predicted molar refractivity (Wildman–Crippen MR) is 85.1 cm³/mol. The molecule has 1 N–H and O–H groups in total. The normalized spacial score (nSPS) is 36.5. The van der Waals surface area contributed by atoms with E-state index in [-0.39, 0.29) is 11.5 Å². The number of nitrogens with zero attached hydrogens (tertiary/aromatic N) is 1. The molecule has 1 aromatic carbocycles. The van der Waals surface area contributed by atoms with Crippen LogP contribution in [-0.2, 0) is 4.74 Å². The molecule has 3 heterocycles. The van der Waals surface area contributed by atoms with Gasteiger partial charge in [0.05, 0.1) is 11.7 Å². The maximum absolute atomic E-state index is 12.3. The average molecular weight is 321 g/mol. The summed E-state index contributed by atoms with van der Waals surface area (Å²) in [6.45, 7) is 2.82. The molecule has 4 rings (SSSR count). The highest BCUT2D eigenvalue weighted by atomic mass is 35.5. The molecule has 5 heteroatoms. The first kappa shape index (κ1) is 14.5. The molecule has 3 fully saturated rings. The first-order valence-electron chi connectivity index (χ1n) is 7.97. The number of likely N-dealkylation sites (N-methyl/N-ethyl adjacent to an activating group) is 1. The highest BCUT2D eigenvalue weighted by Crippen LogP contribution is 2.54. The minimum Gasteiger partial charge on any atom is -0.370 e. The number of fused-ring (bicyclic) bond motifs is 1. The van der Waals surface area contributed by atoms with Gasteiger partial charge in [-0.3, -0.25) is 4.79 Å². The summed E-state index contributed by atoms with van der Waals surface area (Å²) in [5.74, 6) is 0.969. The molecule has 0 unspecified atom stereocenters. The van der Waals surface area contributed by atoms with Crippen molar-refractivity contribution in [2.45, 2.75) is 24.5 Å². The summed E-state index contributed by atoms with van der Waals surface area (Å²) >= 11 is 5.86. The number of halogens is 1. The molecule has 0 aliphatic carbocycles. The van der Waals surface area contributed by atoms with Gasteiger partial charge in [-0.1, -0.05) is 11.6 Å². The summed E-state index contributed by atoms with van der Waals surface area (Å²) in [4.78, 5) is 14.6. The number of benzene rings is 1. The highest BCUT2D eigenvalue weighted by molar-refractivity contribution is 6.30. The molecule has 0 radical (unpaired) electrons. The fraction of sp³-hybridized carbons (Fsp3) is 0.588. The minimum absolute atomic E-state index is 0.0279. The molecular weight excluding hydrogens is 300 g/mol. The van der Waals surface area contributed by atoms with Gasteiger partial charge in [0, 0.05) is 42.1 Å². The smallest absolute Gasteiger partial charge is 0.251 e. The molecule has 22 heavy (non-hydrogen) atoms. The summed E-state index contributed by atoms with van der Waals surface area (Å²) in [5, 5.41) is 3.74. The molecule has 1 spiro atoms. The third-order valence-corrected chi connectivity index (χ3v) is 5.81. The van der Waals surface area contributed by atoms with Gasteiger partial charge in [0.25, 0.3) is 5.91 Å². The van der Waals surface area contributed by atoms with Crippen LogP contribution in [0, 0.1) is 11.8 Å². The molecule has 3 aliphatic heterocycles. The van der Waals surface area contributed by atoms with Crippen molar-refractivity contribution in [1.29, 1.82) is 0 Å². The third kappa shape index (κ3) is 2.25. The van der Waals surface area contributed by atoms with E-state index in [1.807, 2.05) is 0 Å². The predicted octanol–water partition coefficient (Wildman–Crippen LogP) is 2.18. The lowest BCUT2D eigenvalue weighted by Crippen LogP contribution is -2.41. The molecule has 1 aromatic rings. The van der Waals surface area contributed by atoms with Crippen molar-refractivity contribution in [3.63, 3.8) is 0 Å². The number of nitrogens with one attached hydrogen (secondary N) is 1. The monoisotopic (exact) mass is 320 g/mol. The van der Waals surface area contributed by atoms with Crippen LogP contribution in [0.1, 0.15) is 23.2 Å². The number of hydrogen-bond donors (Lipinski definition) is 1. The Kier molecular flexibility index (Phi) is 3.44. The van der Waals surface area contributed by atoms with Crippen LogP contribution in [0.15, 0.2) is 24.3 Å². The Hall–Kier alpha value is -1.10. The van der Waals surface area contributed by atoms with E-state index in [1.165, 1.54) is 6.42 Å². The summed E-state index contributed by atoms with van der Waals surface area (Å²) in [6, 6.07) is 7.02. The maximum atomic E-state index is 12.3. The van der Waals surface area contributed by atoms with Gasteiger partial charge in [-0.2, -0.15) is 0 Å². The Balaban J connectivity index is 1.42. The number of rotatable bonds is 3. The van der Waals surface area contributed by atoms with Crippen LogP contribution in [0.5, 0.6) is 0 Å². The summed E-state index contributed by atoms with van der Waals surface area (Å²) in [5.41, 5.74) is 0.724. The van der Waals surface area contributed by atoms with Gasteiger partial charge in [-0.15, -0.1) is 0 Å². The first-order valence-corrected chi connectivity index (χ1v) is 8.35. The Labute approximate surface area is 135 Å². The van der Waals surface area contributed by atoms with E-state index in [9.17, 15) is 4.79 Å². The fourth-order valence-corrected chi connectivity index (χ4v) is 4.74. The van der Waals surface area contributed by atoms with Crippen molar-refractivity contribution in [1.82, 2.24) is 10.2 Å². The molecule has 4 nitrogen and oxygen atoms in total. The maximum Gasteiger partial charge on any atom is 0.251 e. The van der Waals surface area contributed by atoms with E-state index in [1.54, 1.807) is 24.3 Å². The zero-order chi connectivity index (χ0) is 15.3. The van der Waals surface area contributed by atoms with E-state index in [0.29, 0.717) is 35.1 Å². The number of amides is 1. The molecule has 118 valence electrons. The quantitative estimate of drug-likeness (QED) is 0.928. The zero-order valence-corrected chi connectivity index (χ0v) is 13.5. The largest absolute Gasteiger partial charge is 0.370 e. The van der Waals surface area contributed by atoms with E-state index in [4.69, 9.17) is 16.3 Å². The topological polar surface area (TPSA) is 41.6 Å². The second kappa shape index (κ2) is 5.22. The Bertz CT molecular complexity index is 591. The van der Waals surface area contributed by atoms with E-state index in [2.05, 4.69) is 17.3 Å². The molecule has 0 aromatic heterocycles. The zero-order valence-electron chi connectivity index (χ0n) is 12.7. The lowest BCUT2D eigenvalue weighted by molar-refractivity contribution is 0.00472. The van der Waals surface area contributed by atoms with Crippen molar-refractivity contribution in [2.24, 2.45) is 11.8 Å². The molecule has 1 amide bonds. The fourth-order valence-electron chi connectivity index (χ4n) is 4.61. The van der Waals surface area contributed by atoms with Crippen molar-refractivity contribution >= 4 is 17.5 Å². The van der Waals surface area contributed by atoms with Crippen LogP contribution in [0.4, 0.5) is 0 Å². The number of carbonyl (C=O) groups excluding carboxylic acids is 1. The molecule has 0 saturated carbocycles. The van der Waals surface area contributed by atoms with Crippen molar-refractivity contribution in [2.75, 3.05) is 26.7 Å². The molecule has 3 saturated heterocycles. The van der Waals surface area contributed by atoms with Gasteiger partial charge in [-0.25, -0.2) is 0 Å². The lowest BCUT2D eigenvalue weighted by atomic mass is 9.73. The minimum atomic E-state index is -0.0279. The average Bonchev–Trinajstić information content (AvgIpc) is 3.12. The van der Waals surface area contributed by atoms with Gasteiger partial charge in [0.1, 0.15) is 0 Å². The summed E-state index contributed by atoms with van der Waals surface area (Å²) in [7, 11) is 2.16. The molecule has 3 aliphatic rings. The van der Waals surface area contributed by atoms with Gasteiger partial charge < -0.3 is 15.0 Å². The van der Waals surface area contributed by atoms with E-state index < -0.39 is 0 Å². The first-order chi connectivity index (χ1) is 10.6. The van der Waals surface area contributed by atoms with Crippen LogP contribution < -0.4 is 5.32 Å². The van der Waals surface area contributed by atoms with Gasteiger partial charge in [0.2, 0.25) is 0 Å². The Morgan fingerprint density at radius 3 is 3.00 bits per heavy atom. The third-order valence-electron chi connectivity index (χ3n) is 5.56. The van der Waals surface area contributed by atoms with E-state index >= 15 is 0 Å². The van der Waals surface area contributed by atoms with Gasteiger partial charge >= 0.3 is 0 Å².